The molecular weight excluding hydrogens is 561 g/mol. The third-order valence-electron chi connectivity index (χ3n) is 7.70. The van der Waals surface area contributed by atoms with E-state index in [-0.39, 0.29) is 29.6 Å². The van der Waals surface area contributed by atoms with Gasteiger partial charge in [0, 0.05) is 19.7 Å². The van der Waals surface area contributed by atoms with E-state index in [0.717, 1.165) is 24.6 Å². The van der Waals surface area contributed by atoms with E-state index in [0.29, 0.717) is 67.2 Å². The number of aromatic nitrogens is 2. The van der Waals surface area contributed by atoms with Crippen molar-refractivity contribution in [1.29, 1.82) is 0 Å². The lowest BCUT2D eigenvalue weighted by atomic mass is 9.96. The molecule has 0 radical (unpaired) electrons. The highest BCUT2D eigenvalue weighted by Gasteiger charge is 2.36. The van der Waals surface area contributed by atoms with Crippen LogP contribution in [0.3, 0.4) is 0 Å². The van der Waals surface area contributed by atoms with Crippen LogP contribution in [0.15, 0.2) is 48.5 Å². The third kappa shape index (κ3) is 5.68. The number of nitrogens with zero attached hydrogens (tertiary/aromatic N) is 3. The van der Waals surface area contributed by atoms with Gasteiger partial charge in [-0.3, -0.25) is 4.90 Å². The Balaban J connectivity index is 1.27. The zero-order valence-corrected chi connectivity index (χ0v) is 22.3. The van der Waals surface area contributed by atoms with E-state index >= 15 is 0 Å². The molecule has 1 N–H and O–H groups in total. The van der Waals surface area contributed by atoms with E-state index in [1.807, 2.05) is 4.57 Å². The van der Waals surface area contributed by atoms with Crippen LogP contribution in [0.5, 0.6) is 5.75 Å². The summed E-state index contributed by atoms with van der Waals surface area (Å²) in [5.41, 5.74) is 1.97. The summed E-state index contributed by atoms with van der Waals surface area (Å²) < 4.78 is 81.8. The Morgan fingerprint density at radius 2 is 1.88 bits per heavy atom. The van der Waals surface area contributed by atoms with Crippen LogP contribution in [-0.2, 0) is 43.6 Å². The number of carbonyl (C=O) groups is 1. The fourth-order valence-corrected chi connectivity index (χ4v) is 5.37. The van der Waals surface area contributed by atoms with Crippen molar-refractivity contribution in [2.45, 2.75) is 51.4 Å². The topological polar surface area (TPSA) is 76.8 Å². The minimum atomic E-state index is -4.67. The number of imidazole rings is 1. The fourth-order valence-electron chi connectivity index (χ4n) is 5.37. The number of alkyl halides is 3. The fraction of sp³-hybridized carbons (Fsp3) is 0.333. The van der Waals surface area contributed by atoms with Crippen molar-refractivity contribution in [3.63, 3.8) is 0 Å². The molecule has 0 saturated carbocycles. The summed E-state index contributed by atoms with van der Waals surface area (Å²) in [6.45, 7) is 2.01. The van der Waals surface area contributed by atoms with E-state index in [1.165, 1.54) is 18.2 Å². The lowest BCUT2D eigenvalue weighted by Crippen LogP contribution is -2.34. The van der Waals surface area contributed by atoms with Crippen LogP contribution in [0.25, 0.3) is 11.0 Å². The summed E-state index contributed by atoms with van der Waals surface area (Å²) in [6, 6.07) is 10.3. The molecule has 220 valence electrons. The molecule has 1 atom stereocenters. The SMILES string of the molecule is O=C(O)c1ccc2nc(CN3CCc4cc(C(F)(F)F)c(OCc5ccc(F)c(F)c5)cc4C3)n(C[C@@H]3CCO3)c2c1. The second-order valence-corrected chi connectivity index (χ2v) is 10.5. The van der Waals surface area contributed by atoms with Crippen molar-refractivity contribution in [3.8, 4) is 5.75 Å². The van der Waals surface area contributed by atoms with Gasteiger partial charge in [-0.15, -0.1) is 0 Å². The highest BCUT2D eigenvalue weighted by atomic mass is 19.4. The number of hydrogen-bond acceptors (Lipinski definition) is 5. The molecule has 0 unspecified atom stereocenters. The summed E-state index contributed by atoms with van der Waals surface area (Å²) in [6.07, 6.45) is -3.42. The van der Waals surface area contributed by atoms with Gasteiger partial charge in [-0.25, -0.2) is 18.6 Å². The summed E-state index contributed by atoms with van der Waals surface area (Å²) in [7, 11) is 0. The molecule has 1 aromatic heterocycles. The number of aromatic carboxylic acids is 1. The molecule has 1 fully saturated rings. The first-order chi connectivity index (χ1) is 20.0. The molecule has 12 heteroatoms. The molecule has 0 amide bonds. The predicted octanol–water partition coefficient (Wildman–Crippen LogP) is 5.96. The Kier molecular flexibility index (Phi) is 7.36. The van der Waals surface area contributed by atoms with E-state index in [2.05, 4.69) is 4.90 Å². The number of ether oxygens (including phenoxy) is 2. The van der Waals surface area contributed by atoms with Gasteiger partial charge in [0.1, 0.15) is 18.2 Å². The van der Waals surface area contributed by atoms with Gasteiger partial charge >= 0.3 is 12.1 Å². The summed E-state index contributed by atoms with van der Waals surface area (Å²) in [5.74, 6) is -2.89. The Bertz CT molecular complexity index is 1670. The van der Waals surface area contributed by atoms with Gasteiger partial charge in [0.05, 0.1) is 41.4 Å². The maximum atomic E-state index is 13.9. The van der Waals surface area contributed by atoms with E-state index < -0.39 is 29.3 Å². The lowest BCUT2D eigenvalue weighted by molar-refractivity contribution is -0.139. The number of halogens is 5. The largest absolute Gasteiger partial charge is 0.488 e. The first-order valence-electron chi connectivity index (χ1n) is 13.4. The first kappa shape index (κ1) is 28.1. The zero-order valence-electron chi connectivity index (χ0n) is 22.3. The van der Waals surface area contributed by atoms with Crippen LogP contribution in [0, 0.1) is 11.6 Å². The van der Waals surface area contributed by atoms with E-state index in [9.17, 15) is 31.9 Å². The van der Waals surface area contributed by atoms with Crippen LogP contribution >= 0.6 is 0 Å². The van der Waals surface area contributed by atoms with Gasteiger partial charge in [-0.1, -0.05) is 6.07 Å². The van der Waals surface area contributed by atoms with E-state index in [4.69, 9.17) is 14.5 Å². The maximum absolute atomic E-state index is 13.9. The molecular formula is C30H26F5N3O4. The standard InChI is InChI=1S/C30H26F5N3O4/c31-23-3-1-17(9-24(23)32)16-42-27-12-20-13-37(7-5-18(20)10-22(27)30(33,34)35)15-28-36-25-4-2-19(29(39)40)11-26(25)38(28)14-21-6-8-41-21/h1-4,9-12,21H,5-8,13-16H2,(H,39,40)/t21-/m0/s1. The number of rotatable bonds is 8. The Labute approximate surface area is 237 Å². The van der Waals surface area contributed by atoms with Gasteiger partial charge < -0.3 is 19.1 Å². The van der Waals surface area contributed by atoms with Crippen molar-refractivity contribution in [2.75, 3.05) is 13.2 Å². The summed E-state index contributed by atoms with van der Waals surface area (Å²) >= 11 is 0. The number of hydrogen-bond donors (Lipinski definition) is 1. The van der Waals surface area contributed by atoms with Crippen molar-refractivity contribution in [3.05, 3.63) is 93.8 Å². The predicted molar refractivity (Wildman–Crippen MR) is 141 cm³/mol. The van der Waals surface area contributed by atoms with Gasteiger partial charge in [0.15, 0.2) is 11.6 Å². The Morgan fingerprint density at radius 3 is 2.57 bits per heavy atom. The van der Waals surface area contributed by atoms with Crippen molar-refractivity contribution in [2.24, 2.45) is 0 Å². The van der Waals surface area contributed by atoms with Gasteiger partial charge in [0.25, 0.3) is 0 Å². The van der Waals surface area contributed by atoms with Crippen molar-refractivity contribution < 1.29 is 41.3 Å². The highest BCUT2D eigenvalue weighted by molar-refractivity contribution is 5.92. The number of fused-ring (bicyclic) bond motifs is 2. The minimum Gasteiger partial charge on any atom is -0.488 e. The molecule has 0 spiro atoms. The second-order valence-electron chi connectivity index (χ2n) is 10.5. The normalized spacial score (nSPS) is 17.2. The Hall–Kier alpha value is -4.03. The molecule has 7 nitrogen and oxygen atoms in total. The number of carboxylic acid groups (broad SMARTS) is 1. The van der Waals surface area contributed by atoms with Crippen LogP contribution in [-0.4, -0.2) is 44.8 Å². The van der Waals surface area contributed by atoms with Crippen LogP contribution in [0.1, 0.15) is 44.9 Å². The minimum absolute atomic E-state index is 0.00760. The third-order valence-corrected chi connectivity index (χ3v) is 7.70. The molecule has 0 aliphatic carbocycles. The summed E-state index contributed by atoms with van der Waals surface area (Å²) in [5, 5.41) is 9.48. The molecule has 4 aromatic rings. The summed E-state index contributed by atoms with van der Waals surface area (Å²) in [4.78, 5) is 18.4. The molecule has 3 aromatic carbocycles. The molecule has 2 aliphatic rings. The first-order valence-corrected chi connectivity index (χ1v) is 13.4. The molecule has 1 saturated heterocycles. The molecule has 0 bridgehead atoms. The lowest BCUT2D eigenvalue weighted by Gasteiger charge is -2.31. The number of benzene rings is 3. The monoisotopic (exact) mass is 587 g/mol. The number of carboxylic acids is 1. The molecule has 6 rings (SSSR count). The van der Waals surface area contributed by atoms with Crippen LogP contribution in [0.4, 0.5) is 22.0 Å². The second kappa shape index (κ2) is 11.0. The van der Waals surface area contributed by atoms with Gasteiger partial charge in [-0.2, -0.15) is 13.2 Å². The quantitative estimate of drug-likeness (QED) is 0.257. The van der Waals surface area contributed by atoms with Gasteiger partial charge in [-0.05, 0) is 72.0 Å². The smallest absolute Gasteiger partial charge is 0.419 e. The van der Waals surface area contributed by atoms with Crippen LogP contribution < -0.4 is 4.74 Å². The zero-order chi connectivity index (χ0) is 29.6. The maximum Gasteiger partial charge on any atom is 0.419 e. The van der Waals surface area contributed by atoms with Crippen molar-refractivity contribution >= 4 is 17.0 Å². The molecule has 42 heavy (non-hydrogen) atoms. The average molecular weight is 588 g/mol. The Morgan fingerprint density at radius 1 is 1.07 bits per heavy atom. The highest BCUT2D eigenvalue weighted by Crippen LogP contribution is 2.40. The van der Waals surface area contributed by atoms with Gasteiger partial charge in [0.2, 0.25) is 0 Å². The van der Waals surface area contributed by atoms with Crippen LogP contribution in [0.2, 0.25) is 0 Å². The average Bonchev–Trinajstić information content (AvgIpc) is 3.26. The molecule has 2 aliphatic heterocycles. The molecule has 3 heterocycles. The van der Waals surface area contributed by atoms with Crippen molar-refractivity contribution in [1.82, 2.24) is 14.5 Å². The van der Waals surface area contributed by atoms with E-state index in [1.54, 1.807) is 12.1 Å².